The van der Waals surface area contributed by atoms with E-state index in [2.05, 4.69) is 166 Å². The molecule has 0 radical (unpaired) electrons. The van der Waals surface area contributed by atoms with Gasteiger partial charge in [-0.25, -0.2) is 0 Å². The van der Waals surface area contributed by atoms with Crippen LogP contribution in [0.25, 0.3) is 0 Å². The summed E-state index contributed by atoms with van der Waals surface area (Å²) < 4.78 is 25.6. The molecule has 88 heavy (non-hydrogen) atoms. The third kappa shape index (κ3) is 21.1. The van der Waals surface area contributed by atoms with E-state index in [0.717, 1.165) is 122 Å². The lowest BCUT2D eigenvalue weighted by Gasteiger charge is -2.25. The summed E-state index contributed by atoms with van der Waals surface area (Å²) in [6.07, 6.45) is 7.88. The predicted octanol–water partition coefficient (Wildman–Crippen LogP) is 19.6. The van der Waals surface area contributed by atoms with Crippen LogP contribution in [0.4, 0.5) is 22.7 Å². The molecular weight excluding hydrogens is 1170 g/mol. The van der Waals surface area contributed by atoms with E-state index in [0.29, 0.717) is 84.5 Å². The van der Waals surface area contributed by atoms with Gasteiger partial charge in [-0.3, -0.25) is 0 Å². The highest BCUT2D eigenvalue weighted by Gasteiger charge is 2.31. The van der Waals surface area contributed by atoms with Gasteiger partial charge in [-0.2, -0.15) is 21.0 Å². The lowest BCUT2D eigenvalue weighted by atomic mass is 10.1. The van der Waals surface area contributed by atoms with E-state index in [1.807, 2.05) is 48.5 Å². The molecule has 16 heteroatoms. The Kier molecular flexibility index (Phi) is 30.9. The second-order valence-electron chi connectivity index (χ2n) is 23.0. The number of rotatable bonds is 34. The molecule has 0 heterocycles. The van der Waals surface area contributed by atoms with Gasteiger partial charge in [0.15, 0.2) is 23.0 Å². The van der Waals surface area contributed by atoms with Crippen molar-refractivity contribution >= 4 is 69.8 Å². The van der Waals surface area contributed by atoms with Gasteiger partial charge in [-0.15, -0.1) is 0 Å². The maximum Gasteiger partial charge on any atom is 0.153 e. The number of nitrogens with zero attached hydrogens (tertiary/aromatic N) is 6. The van der Waals surface area contributed by atoms with Crippen LogP contribution in [0.5, 0.6) is 23.0 Å². The van der Waals surface area contributed by atoms with E-state index in [9.17, 15) is 21.0 Å². The standard InChI is InChI=1S/C38H50N4O2S2.C34H42N4O2S2/c1-7-9-21-42(22-10-8-2)29-15-17-30(18-16-29)45-37-35(43-23-19-27(3)4)31(25-39)32(26-40)36(44-24-20-28(5)6)38(37)46-34-14-12-11-13-33(34)41;1-7-38(8-2)25-13-15-26(16-14-25)41-33-31(39-19-17-23(3)4)27(21-35)28(22-36)32(40-20-18-24(5)6)34(33)42-30-12-10-9-11-29(30)37/h11-18,27-28H,7-10,19-24,41H2,1-6H3;9-16,23-24H,7-8,17-20,37H2,1-6H3. The summed E-state index contributed by atoms with van der Waals surface area (Å²) in [4.78, 5) is 11.4. The van der Waals surface area contributed by atoms with Crippen molar-refractivity contribution in [1.82, 2.24) is 0 Å². The molecule has 4 N–H and O–H groups in total. The summed E-state index contributed by atoms with van der Waals surface area (Å²) in [7, 11) is 0. The molecule has 0 aliphatic carbocycles. The fourth-order valence-corrected chi connectivity index (χ4v) is 13.3. The van der Waals surface area contributed by atoms with E-state index >= 15 is 0 Å². The van der Waals surface area contributed by atoms with Gasteiger partial charge >= 0.3 is 0 Å². The Labute approximate surface area is 544 Å². The molecule has 6 aromatic rings. The van der Waals surface area contributed by atoms with Crippen LogP contribution in [0.1, 0.15) is 157 Å². The topological polar surface area (TPSA) is 191 Å². The summed E-state index contributed by atoms with van der Waals surface area (Å²) in [5.41, 5.74) is 17.2. The first-order valence-electron chi connectivity index (χ1n) is 31.2. The Hall–Kier alpha value is -6.92. The minimum atomic E-state index is 0.194. The van der Waals surface area contributed by atoms with Crippen molar-refractivity contribution in [2.24, 2.45) is 23.7 Å². The summed E-state index contributed by atoms with van der Waals surface area (Å²) in [5.74, 6) is 3.34. The van der Waals surface area contributed by atoms with Gasteiger partial charge in [0.25, 0.3) is 0 Å². The molecule has 0 aromatic heterocycles. The van der Waals surface area contributed by atoms with E-state index < -0.39 is 0 Å². The first-order chi connectivity index (χ1) is 42.5. The van der Waals surface area contributed by atoms with Crippen molar-refractivity contribution in [3.8, 4) is 47.3 Å². The predicted molar refractivity (Wildman–Crippen MR) is 368 cm³/mol. The van der Waals surface area contributed by atoms with Crippen molar-refractivity contribution < 1.29 is 18.9 Å². The maximum atomic E-state index is 10.5. The number of para-hydroxylation sites is 2. The number of unbranched alkanes of at least 4 members (excludes halogenated alkanes) is 2. The molecule has 0 aliphatic rings. The van der Waals surface area contributed by atoms with Gasteiger partial charge in [0.2, 0.25) is 0 Å². The summed E-state index contributed by atoms with van der Waals surface area (Å²) in [6.45, 7) is 31.4. The third-order valence-electron chi connectivity index (χ3n) is 14.3. The monoisotopic (exact) mass is 1260 g/mol. The largest absolute Gasteiger partial charge is 0.491 e. The minimum absolute atomic E-state index is 0.194. The lowest BCUT2D eigenvalue weighted by Crippen LogP contribution is -2.25. The van der Waals surface area contributed by atoms with Gasteiger partial charge in [-0.1, -0.05) is 153 Å². The summed E-state index contributed by atoms with van der Waals surface area (Å²) >= 11 is 5.95. The van der Waals surface area contributed by atoms with Crippen LogP contribution in [0.3, 0.4) is 0 Å². The van der Waals surface area contributed by atoms with Gasteiger partial charge in [0.1, 0.15) is 46.5 Å². The Balaban J connectivity index is 0.000000322. The molecule has 0 aliphatic heterocycles. The maximum absolute atomic E-state index is 10.5. The summed E-state index contributed by atoms with van der Waals surface area (Å²) in [6, 6.07) is 41.5. The minimum Gasteiger partial charge on any atom is -0.491 e. The Morgan fingerprint density at radius 1 is 0.398 bits per heavy atom. The van der Waals surface area contributed by atoms with Crippen molar-refractivity contribution in [3.05, 3.63) is 119 Å². The molecule has 0 spiro atoms. The number of nitrogens with two attached hydrogens (primary N) is 2. The van der Waals surface area contributed by atoms with E-state index in [4.69, 9.17) is 30.4 Å². The number of ether oxygens (including phenoxy) is 4. The number of anilines is 4. The average molecular weight is 1260 g/mol. The molecular formula is C72H92N8O4S4. The van der Waals surface area contributed by atoms with Crippen LogP contribution in [-0.2, 0) is 0 Å². The highest BCUT2D eigenvalue weighted by atomic mass is 32.2. The van der Waals surface area contributed by atoms with E-state index in [1.165, 1.54) is 52.7 Å². The number of hydrogen-bond donors (Lipinski definition) is 2. The Bertz CT molecular complexity index is 3310. The molecule has 0 fully saturated rings. The third-order valence-corrected chi connectivity index (χ3v) is 19.1. The zero-order valence-electron chi connectivity index (χ0n) is 54.0. The van der Waals surface area contributed by atoms with Gasteiger partial charge in [0.05, 0.1) is 46.0 Å². The van der Waals surface area contributed by atoms with Crippen molar-refractivity contribution in [2.45, 2.75) is 174 Å². The number of nitriles is 4. The molecule has 6 rings (SSSR count). The smallest absolute Gasteiger partial charge is 0.153 e. The van der Waals surface area contributed by atoms with Crippen LogP contribution in [0.2, 0.25) is 0 Å². The van der Waals surface area contributed by atoms with Crippen molar-refractivity contribution in [2.75, 3.05) is 73.9 Å². The van der Waals surface area contributed by atoms with Crippen LogP contribution in [0.15, 0.2) is 136 Å². The molecule has 0 bridgehead atoms. The second-order valence-corrected chi connectivity index (χ2v) is 27.3. The SMILES string of the molecule is CCCCN(CCCC)c1ccc(Sc2c(OCCC(C)C)c(C#N)c(C#N)c(OCCC(C)C)c2Sc2ccccc2N)cc1.CCN(CC)c1ccc(Sc2c(OCCC(C)C)c(C#N)c(C#N)c(OCCC(C)C)c2Sc2ccccc2N)cc1. The first-order valence-corrected chi connectivity index (χ1v) is 34.4. The molecule has 12 nitrogen and oxygen atoms in total. The number of benzene rings is 6. The molecule has 6 aromatic carbocycles. The van der Waals surface area contributed by atoms with Gasteiger partial charge in [0, 0.05) is 68.5 Å². The van der Waals surface area contributed by atoms with E-state index in [-0.39, 0.29) is 22.3 Å². The zero-order valence-corrected chi connectivity index (χ0v) is 57.2. The molecule has 0 amide bonds. The lowest BCUT2D eigenvalue weighted by molar-refractivity contribution is 0.269. The van der Waals surface area contributed by atoms with Crippen LogP contribution in [0, 0.1) is 69.0 Å². The van der Waals surface area contributed by atoms with Crippen molar-refractivity contribution in [1.29, 1.82) is 21.0 Å². The molecule has 0 saturated carbocycles. The number of nitrogen functional groups attached to an aromatic ring is 2. The number of hydrogen-bond acceptors (Lipinski definition) is 16. The summed E-state index contributed by atoms with van der Waals surface area (Å²) in [5, 5.41) is 41.6. The van der Waals surface area contributed by atoms with Gasteiger partial charge in [-0.05, 0) is 149 Å². The normalized spacial score (nSPS) is 11.0. The molecule has 0 saturated heterocycles. The molecule has 468 valence electrons. The Morgan fingerprint density at radius 3 is 0.943 bits per heavy atom. The quantitative estimate of drug-likeness (QED) is 0.0362. The van der Waals surface area contributed by atoms with Crippen LogP contribution in [-0.4, -0.2) is 52.6 Å². The van der Waals surface area contributed by atoms with Crippen molar-refractivity contribution in [3.63, 3.8) is 0 Å². The van der Waals surface area contributed by atoms with Crippen LogP contribution < -0.4 is 40.2 Å². The van der Waals surface area contributed by atoms with Gasteiger partial charge < -0.3 is 40.2 Å². The Morgan fingerprint density at radius 2 is 0.682 bits per heavy atom. The second kappa shape index (κ2) is 37.8. The van der Waals surface area contributed by atoms with Crippen LogP contribution >= 0.6 is 47.0 Å². The fraction of sp³-hybridized carbons (Fsp3) is 0.444. The highest BCUT2D eigenvalue weighted by Crippen LogP contribution is 2.55. The first kappa shape index (κ1) is 71.8. The zero-order chi connectivity index (χ0) is 64.1. The highest BCUT2D eigenvalue weighted by molar-refractivity contribution is 8.03. The molecule has 0 unspecified atom stereocenters. The fourth-order valence-electron chi connectivity index (χ4n) is 8.97. The molecule has 0 atom stereocenters. The van der Waals surface area contributed by atoms with E-state index in [1.54, 1.807) is 0 Å². The average Bonchev–Trinajstić information content (AvgIpc) is 0.950.